The molecular formula is C25H29NO7. The van der Waals surface area contributed by atoms with Crippen molar-refractivity contribution in [2.45, 2.75) is 26.3 Å². The Morgan fingerprint density at radius 1 is 1.06 bits per heavy atom. The lowest BCUT2D eigenvalue weighted by Gasteiger charge is -2.25. The van der Waals surface area contributed by atoms with Crippen LogP contribution in [0.5, 0.6) is 17.2 Å². The summed E-state index contributed by atoms with van der Waals surface area (Å²) in [5.41, 5.74) is 1.59. The van der Waals surface area contributed by atoms with Gasteiger partial charge < -0.3 is 29.3 Å². The van der Waals surface area contributed by atoms with Crippen LogP contribution in [0.15, 0.2) is 42.0 Å². The fourth-order valence-electron chi connectivity index (χ4n) is 3.85. The number of Topliss-reactive ketones (excluding diaryl/α,β-unsaturated/α-hetero) is 1. The number of phenols is 1. The molecule has 0 aliphatic carbocycles. The highest BCUT2D eigenvalue weighted by molar-refractivity contribution is 6.46. The quantitative estimate of drug-likeness (QED) is 0.338. The van der Waals surface area contributed by atoms with Gasteiger partial charge in [-0.3, -0.25) is 9.59 Å². The minimum Gasteiger partial charge on any atom is -0.507 e. The van der Waals surface area contributed by atoms with E-state index in [4.69, 9.17) is 14.2 Å². The van der Waals surface area contributed by atoms with E-state index in [0.29, 0.717) is 23.5 Å². The number of methoxy groups -OCH3 is 2. The predicted molar refractivity (Wildman–Crippen MR) is 123 cm³/mol. The summed E-state index contributed by atoms with van der Waals surface area (Å²) in [5.74, 6) is -1.03. The van der Waals surface area contributed by atoms with Crippen LogP contribution in [0.3, 0.4) is 0 Å². The second-order valence-electron chi connectivity index (χ2n) is 7.75. The maximum Gasteiger partial charge on any atom is 0.295 e. The third kappa shape index (κ3) is 4.80. The van der Waals surface area contributed by atoms with Crippen molar-refractivity contribution in [2.24, 2.45) is 0 Å². The fourth-order valence-corrected chi connectivity index (χ4v) is 3.85. The van der Waals surface area contributed by atoms with Gasteiger partial charge in [0.25, 0.3) is 11.7 Å². The predicted octanol–water partition coefficient (Wildman–Crippen LogP) is 3.57. The zero-order chi connectivity index (χ0) is 24.1. The molecule has 1 heterocycles. The van der Waals surface area contributed by atoms with Gasteiger partial charge in [0.1, 0.15) is 11.5 Å². The number of aliphatic hydroxyl groups excluding tert-OH is 1. The van der Waals surface area contributed by atoms with E-state index < -0.39 is 17.7 Å². The smallest absolute Gasteiger partial charge is 0.295 e. The lowest BCUT2D eigenvalue weighted by atomic mass is 9.94. The highest BCUT2D eigenvalue weighted by Crippen LogP contribution is 2.41. The Bertz CT molecular complexity index is 1080. The Morgan fingerprint density at radius 3 is 2.39 bits per heavy atom. The Labute approximate surface area is 193 Å². The molecule has 0 bridgehead atoms. The summed E-state index contributed by atoms with van der Waals surface area (Å²) in [6, 6.07) is 8.82. The van der Waals surface area contributed by atoms with E-state index in [2.05, 4.69) is 0 Å². The number of rotatable bonds is 9. The van der Waals surface area contributed by atoms with Crippen LogP contribution in [0.1, 0.15) is 36.1 Å². The summed E-state index contributed by atoms with van der Waals surface area (Å²) in [6.07, 6.45) is 0.862. The molecule has 1 atom stereocenters. The van der Waals surface area contributed by atoms with E-state index >= 15 is 0 Å². The minimum absolute atomic E-state index is 0.0534. The van der Waals surface area contributed by atoms with E-state index in [1.54, 1.807) is 30.3 Å². The Hall–Kier alpha value is -3.52. The minimum atomic E-state index is -0.895. The number of ketones is 1. The molecule has 8 nitrogen and oxygen atoms in total. The number of aryl methyl sites for hydroxylation is 1. The first-order valence-corrected chi connectivity index (χ1v) is 10.7. The molecule has 176 valence electrons. The molecule has 1 saturated heterocycles. The van der Waals surface area contributed by atoms with Gasteiger partial charge in [0.15, 0.2) is 11.5 Å². The normalized spacial score (nSPS) is 17.5. The molecule has 1 aliphatic heterocycles. The van der Waals surface area contributed by atoms with Gasteiger partial charge in [-0.25, -0.2) is 0 Å². The van der Waals surface area contributed by atoms with Gasteiger partial charge in [0.05, 0.1) is 31.9 Å². The average Bonchev–Trinajstić information content (AvgIpc) is 3.06. The maximum atomic E-state index is 13.0. The summed E-state index contributed by atoms with van der Waals surface area (Å²) in [7, 11) is 2.92. The number of hydrogen-bond acceptors (Lipinski definition) is 7. The molecule has 1 amide bonds. The van der Waals surface area contributed by atoms with E-state index in [-0.39, 0.29) is 36.0 Å². The van der Waals surface area contributed by atoms with Crippen LogP contribution in [0, 0.1) is 6.92 Å². The highest BCUT2D eigenvalue weighted by atomic mass is 16.5. The van der Waals surface area contributed by atoms with Gasteiger partial charge in [-0.1, -0.05) is 13.0 Å². The third-order valence-corrected chi connectivity index (χ3v) is 5.50. The largest absolute Gasteiger partial charge is 0.507 e. The molecule has 3 rings (SSSR count). The number of phenolic OH excluding ortho intramolecular Hbond substituents is 1. The molecule has 2 aromatic rings. The Kier molecular flexibility index (Phi) is 7.60. The number of carbonyl (C=O) groups is 2. The van der Waals surface area contributed by atoms with E-state index in [9.17, 15) is 19.8 Å². The van der Waals surface area contributed by atoms with Gasteiger partial charge in [-0.2, -0.15) is 0 Å². The summed E-state index contributed by atoms with van der Waals surface area (Å²) in [6.45, 7) is 4.76. The Morgan fingerprint density at radius 2 is 1.79 bits per heavy atom. The van der Waals surface area contributed by atoms with Crippen LogP contribution < -0.4 is 9.47 Å². The molecule has 33 heavy (non-hydrogen) atoms. The van der Waals surface area contributed by atoms with Gasteiger partial charge in [0.2, 0.25) is 0 Å². The summed E-state index contributed by atoms with van der Waals surface area (Å²) >= 11 is 0. The molecule has 1 unspecified atom stereocenters. The lowest BCUT2D eigenvalue weighted by Crippen LogP contribution is -2.32. The van der Waals surface area contributed by atoms with Crippen LogP contribution >= 0.6 is 0 Å². The van der Waals surface area contributed by atoms with Crippen LogP contribution in [0.2, 0.25) is 0 Å². The van der Waals surface area contributed by atoms with Crippen LogP contribution in [0.4, 0.5) is 0 Å². The molecule has 2 aromatic carbocycles. The van der Waals surface area contributed by atoms with Gasteiger partial charge >= 0.3 is 0 Å². The third-order valence-electron chi connectivity index (χ3n) is 5.50. The van der Waals surface area contributed by atoms with Crippen molar-refractivity contribution < 1.29 is 34.0 Å². The van der Waals surface area contributed by atoms with Crippen molar-refractivity contribution in [3.63, 3.8) is 0 Å². The molecule has 0 spiro atoms. The number of carbonyl (C=O) groups excluding carboxylic acids is 2. The monoisotopic (exact) mass is 455 g/mol. The van der Waals surface area contributed by atoms with Crippen molar-refractivity contribution in [3.05, 3.63) is 58.7 Å². The first-order chi connectivity index (χ1) is 15.8. The molecule has 1 fully saturated rings. The fraction of sp³-hybridized carbons (Fsp3) is 0.360. The van der Waals surface area contributed by atoms with Crippen molar-refractivity contribution in [2.75, 3.05) is 34.0 Å². The van der Waals surface area contributed by atoms with Crippen molar-refractivity contribution in [1.82, 2.24) is 4.90 Å². The maximum absolute atomic E-state index is 13.0. The zero-order valence-corrected chi connectivity index (χ0v) is 19.3. The molecule has 0 aromatic heterocycles. The first-order valence-electron chi connectivity index (χ1n) is 10.7. The first kappa shape index (κ1) is 24.1. The second-order valence-corrected chi connectivity index (χ2v) is 7.75. The average molecular weight is 456 g/mol. The SMILES string of the molecule is CCCOc1ccc(/C(O)=C2/C(=O)C(=O)N(CCOC)C2c2ccc(OC)c(O)c2)cc1C. The van der Waals surface area contributed by atoms with Crippen molar-refractivity contribution in [1.29, 1.82) is 0 Å². The second kappa shape index (κ2) is 10.4. The number of ether oxygens (including phenoxy) is 3. The van der Waals surface area contributed by atoms with Crippen LogP contribution in [-0.2, 0) is 14.3 Å². The van der Waals surface area contributed by atoms with Crippen molar-refractivity contribution >= 4 is 17.4 Å². The standard InChI is InChI=1S/C25H29NO7/c1-5-11-33-19-8-7-17(13-15(19)2)23(28)21-22(16-6-9-20(32-4)18(27)14-16)26(10-12-31-3)25(30)24(21)29/h6-9,13-14,22,27-28H,5,10-12H2,1-4H3/b23-21-. The summed E-state index contributed by atoms with van der Waals surface area (Å²) < 4.78 is 15.9. The lowest BCUT2D eigenvalue weighted by molar-refractivity contribution is -0.140. The number of nitrogens with zero attached hydrogens (tertiary/aromatic N) is 1. The van der Waals surface area contributed by atoms with Crippen molar-refractivity contribution in [3.8, 4) is 17.2 Å². The molecule has 1 aliphatic rings. The summed E-state index contributed by atoms with van der Waals surface area (Å²) in [5, 5.41) is 21.5. The Balaban J connectivity index is 2.12. The van der Waals surface area contributed by atoms with Gasteiger partial charge in [-0.05, 0) is 54.8 Å². The number of aliphatic hydroxyl groups is 1. The topological polar surface area (TPSA) is 106 Å². The molecule has 0 radical (unpaired) electrons. The van der Waals surface area contributed by atoms with E-state index in [0.717, 1.165) is 12.0 Å². The molecule has 0 saturated carbocycles. The number of benzene rings is 2. The number of amides is 1. The molecule has 8 heteroatoms. The molecular weight excluding hydrogens is 426 g/mol. The zero-order valence-electron chi connectivity index (χ0n) is 19.3. The number of aromatic hydroxyl groups is 1. The van der Waals surface area contributed by atoms with E-state index in [1.807, 2.05) is 13.8 Å². The number of likely N-dealkylation sites (tertiary alicyclic amines) is 1. The van der Waals surface area contributed by atoms with Gasteiger partial charge in [0, 0.05) is 19.2 Å². The number of hydrogen-bond donors (Lipinski definition) is 2. The van der Waals surface area contributed by atoms with E-state index in [1.165, 1.54) is 25.2 Å². The highest BCUT2D eigenvalue weighted by Gasteiger charge is 2.46. The van der Waals surface area contributed by atoms with Gasteiger partial charge in [-0.15, -0.1) is 0 Å². The molecule has 2 N–H and O–H groups in total. The van der Waals surface area contributed by atoms with Crippen LogP contribution in [-0.4, -0.2) is 60.8 Å². The van der Waals surface area contributed by atoms with Crippen LogP contribution in [0.25, 0.3) is 5.76 Å². The summed E-state index contributed by atoms with van der Waals surface area (Å²) in [4.78, 5) is 27.2.